The number of aryl methyl sites for hydroxylation is 3. The first kappa shape index (κ1) is 12.2. The van der Waals surface area contributed by atoms with Crippen molar-refractivity contribution in [3.8, 4) is 5.69 Å². The molecule has 0 atom stereocenters. The third-order valence-electron chi connectivity index (χ3n) is 3.37. The van der Waals surface area contributed by atoms with Crippen molar-refractivity contribution < 1.29 is 0 Å². The molecule has 19 heavy (non-hydrogen) atoms. The summed E-state index contributed by atoms with van der Waals surface area (Å²) >= 11 is 5.97. The van der Waals surface area contributed by atoms with Gasteiger partial charge in [-0.15, -0.1) is 10.2 Å². The Bertz CT molecular complexity index is 774. The molecule has 0 aliphatic heterocycles. The Morgan fingerprint density at radius 3 is 2.32 bits per heavy atom. The van der Waals surface area contributed by atoms with Crippen LogP contribution in [0, 0.1) is 20.8 Å². The first-order valence-electron chi connectivity index (χ1n) is 6.15. The highest BCUT2D eigenvalue weighted by molar-refractivity contribution is 6.31. The van der Waals surface area contributed by atoms with Gasteiger partial charge < -0.3 is 0 Å². The Kier molecular flexibility index (Phi) is 2.79. The minimum atomic E-state index is 0.677. The predicted molar refractivity (Wildman–Crippen MR) is 78.1 cm³/mol. The van der Waals surface area contributed by atoms with E-state index in [1.807, 2.05) is 18.2 Å². The number of hydrogen-bond donors (Lipinski definition) is 0. The lowest BCUT2D eigenvalue weighted by molar-refractivity contribution is 0.759. The summed E-state index contributed by atoms with van der Waals surface area (Å²) < 4.78 is 0. The van der Waals surface area contributed by atoms with Gasteiger partial charge in [0.25, 0.3) is 0 Å². The second kappa shape index (κ2) is 4.35. The molecule has 0 saturated heterocycles. The van der Waals surface area contributed by atoms with E-state index in [1.165, 1.54) is 11.1 Å². The highest BCUT2D eigenvalue weighted by Gasteiger charge is 2.09. The maximum absolute atomic E-state index is 5.97. The van der Waals surface area contributed by atoms with E-state index in [4.69, 9.17) is 11.6 Å². The zero-order valence-corrected chi connectivity index (χ0v) is 11.9. The molecular formula is C15H14ClN3. The van der Waals surface area contributed by atoms with Crippen molar-refractivity contribution in [3.05, 3.63) is 52.0 Å². The first-order valence-corrected chi connectivity index (χ1v) is 6.53. The Morgan fingerprint density at radius 2 is 1.53 bits per heavy atom. The van der Waals surface area contributed by atoms with Crippen molar-refractivity contribution in [1.82, 2.24) is 15.0 Å². The van der Waals surface area contributed by atoms with Gasteiger partial charge in [0, 0.05) is 5.02 Å². The van der Waals surface area contributed by atoms with Crippen LogP contribution >= 0.6 is 11.6 Å². The fraction of sp³-hybridized carbons (Fsp3) is 0.200. The molecule has 0 saturated carbocycles. The molecule has 2 aromatic carbocycles. The first-order chi connectivity index (χ1) is 9.04. The Balaban J connectivity index is 2.21. The SMILES string of the molecule is Cc1cc(C)c(-n2nc3ccc(Cl)cc3n2)cc1C. The molecule has 1 heterocycles. The number of halogens is 1. The maximum atomic E-state index is 5.97. The molecular weight excluding hydrogens is 258 g/mol. The summed E-state index contributed by atoms with van der Waals surface area (Å²) in [5.41, 5.74) is 6.35. The van der Waals surface area contributed by atoms with Crippen LogP contribution in [0.25, 0.3) is 16.7 Å². The monoisotopic (exact) mass is 271 g/mol. The van der Waals surface area contributed by atoms with E-state index in [9.17, 15) is 0 Å². The van der Waals surface area contributed by atoms with E-state index in [2.05, 4.69) is 43.1 Å². The summed E-state index contributed by atoms with van der Waals surface area (Å²) in [6.07, 6.45) is 0. The summed E-state index contributed by atoms with van der Waals surface area (Å²) in [6, 6.07) is 9.82. The van der Waals surface area contributed by atoms with E-state index < -0.39 is 0 Å². The average molecular weight is 272 g/mol. The molecule has 0 N–H and O–H groups in total. The Hall–Kier alpha value is -1.87. The minimum Gasteiger partial charge on any atom is -0.150 e. The second-order valence-electron chi connectivity index (χ2n) is 4.85. The summed E-state index contributed by atoms with van der Waals surface area (Å²) in [6.45, 7) is 6.28. The van der Waals surface area contributed by atoms with Gasteiger partial charge in [0.15, 0.2) is 0 Å². The van der Waals surface area contributed by atoms with Crippen LogP contribution in [-0.4, -0.2) is 15.0 Å². The standard InChI is InChI=1S/C15H14ClN3/c1-9-6-11(3)15(7-10(9)2)19-17-13-5-4-12(16)8-14(13)18-19/h4-8H,1-3H3. The number of rotatable bonds is 1. The van der Waals surface area contributed by atoms with Gasteiger partial charge in [-0.1, -0.05) is 17.7 Å². The Labute approximate surface area is 116 Å². The molecule has 3 rings (SSSR count). The van der Waals surface area contributed by atoms with Crippen LogP contribution in [0.15, 0.2) is 30.3 Å². The molecule has 4 heteroatoms. The molecule has 96 valence electrons. The zero-order chi connectivity index (χ0) is 13.6. The summed E-state index contributed by atoms with van der Waals surface area (Å²) in [5, 5.41) is 9.68. The number of hydrogen-bond acceptors (Lipinski definition) is 2. The van der Waals surface area contributed by atoms with Crippen molar-refractivity contribution in [3.63, 3.8) is 0 Å². The molecule has 0 radical (unpaired) electrons. The van der Waals surface area contributed by atoms with Crippen LogP contribution in [0.4, 0.5) is 0 Å². The van der Waals surface area contributed by atoms with E-state index >= 15 is 0 Å². The molecule has 0 spiro atoms. The normalized spacial score (nSPS) is 11.2. The largest absolute Gasteiger partial charge is 0.150 e. The fourth-order valence-electron chi connectivity index (χ4n) is 2.16. The van der Waals surface area contributed by atoms with E-state index in [0.29, 0.717) is 5.02 Å². The molecule has 0 aliphatic carbocycles. The van der Waals surface area contributed by atoms with Crippen LogP contribution in [0.2, 0.25) is 5.02 Å². The van der Waals surface area contributed by atoms with Gasteiger partial charge in [-0.05, 0) is 61.7 Å². The van der Waals surface area contributed by atoms with Gasteiger partial charge in [0.1, 0.15) is 11.0 Å². The number of fused-ring (bicyclic) bond motifs is 1. The van der Waals surface area contributed by atoms with Gasteiger partial charge in [0.05, 0.1) is 5.69 Å². The predicted octanol–water partition coefficient (Wildman–Crippen LogP) is 4.00. The number of nitrogens with zero attached hydrogens (tertiary/aromatic N) is 3. The van der Waals surface area contributed by atoms with Crippen molar-refractivity contribution in [2.24, 2.45) is 0 Å². The van der Waals surface area contributed by atoms with Crippen molar-refractivity contribution in [2.45, 2.75) is 20.8 Å². The summed E-state index contributed by atoms with van der Waals surface area (Å²) in [4.78, 5) is 1.68. The van der Waals surface area contributed by atoms with Crippen molar-refractivity contribution in [2.75, 3.05) is 0 Å². The third-order valence-corrected chi connectivity index (χ3v) is 3.61. The third kappa shape index (κ3) is 2.10. The quantitative estimate of drug-likeness (QED) is 0.670. The molecule has 0 unspecified atom stereocenters. The Morgan fingerprint density at radius 1 is 0.842 bits per heavy atom. The molecule has 0 bridgehead atoms. The van der Waals surface area contributed by atoms with Crippen LogP contribution in [-0.2, 0) is 0 Å². The van der Waals surface area contributed by atoms with E-state index in [1.54, 1.807) is 4.80 Å². The van der Waals surface area contributed by atoms with Crippen LogP contribution in [0.5, 0.6) is 0 Å². The molecule has 3 nitrogen and oxygen atoms in total. The van der Waals surface area contributed by atoms with E-state index in [0.717, 1.165) is 22.3 Å². The maximum Gasteiger partial charge on any atom is 0.115 e. The average Bonchev–Trinajstić information content (AvgIpc) is 2.76. The molecule has 3 aromatic rings. The van der Waals surface area contributed by atoms with Gasteiger partial charge in [-0.2, -0.15) is 4.80 Å². The number of aromatic nitrogens is 3. The molecule has 0 amide bonds. The van der Waals surface area contributed by atoms with Crippen molar-refractivity contribution in [1.29, 1.82) is 0 Å². The fourth-order valence-corrected chi connectivity index (χ4v) is 2.32. The van der Waals surface area contributed by atoms with Crippen LogP contribution in [0.1, 0.15) is 16.7 Å². The van der Waals surface area contributed by atoms with Gasteiger partial charge in [0.2, 0.25) is 0 Å². The van der Waals surface area contributed by atoms with Crippen molar-refractivity contribution >= 4 is 22.6 Å². The lowest BCUT2D eigenvalue weighted by atomic mass is 10.1. The smallest absolute Gasteiger partial charge is 0.115 e. The zero-order valence-electron chi connectivity index (χ0n) is 11.1. The highest BCUT2D eigenvalue weighted by Crippen LogP contribution is 2.21. The summed E-state index contributed by atoms with van der Waals surface area (Å²) in [5.74, 6) is 0. The highest BCUT2D eigenvalue weighted by atomic mass is 35.5. The molecule has 1 aromatic heterocycles. The van der Waals surface area contributed by atoms with Crippen LogP contribution < -0.4 is 0 Å². The molecule has 0 aliphatic rings. The second-order valence-corrected chi connectivity index (χ2v) is 5.28. The van der Waals surface area contributed by atoms with Gasteiger partial charge in [-0.25, -0.2) is 0 Å². The topological polar surface area (TPSA) is 30.7 Å². The number of benzene rings is 2. The van der Waals surface area contributed by atoms with Crippen LogP contribution in [0.3, 0.4) is 0 Å². The van der Waals surface area contributed by atoms with Gasteiger partial charge in [-0.3, -0.25) is 0 Å². The molecule has 0 fully saturated rings. The van der Waals surface area contributed by atoms with Gasteiger partial charge >= 0.3 is 0 Å². The summed E-state index contributed by atoms with van der Waals surface area (Å²) in [7, 11) is 0. The van der Waals surface area contributed by atoms with E-state index in [-0.39, 0.29) is 0 Å². The lowest BCUT2D eigenvalue weighted by Gasteiger charge is -2.08. The minimum absolute atomic E-state index is 0.677. The lowest BCUT2D eigenvalue weighted by Crippen LogP contribution is -2.02.